The van der Waals surface area contributed by atoms with Crippen LogP contribution < -0.4 is 33.2 Å². The molecule has 29 heteroatoms. The number of nitrogens with one attached hydrogen (secondary N) is 3. The highest BCUT2D eigenvalue weighted by atomic mass is 35.5. The molecule has 15 rings (SSSR count). The molecule has 3 amide bonds. The van der Waals surface area contributed by atoms with Crippen LogP contribution in [0.3, 0.4) is 0 Å². The molecule has 0 saturated carbocycles. The van der Waals surface area contributed by atoms with Crippen LogP contribution in [-0.2, 0) is 38.2 Å². The number of halogens is 10. The summed E-state index contributed by atoms with van der Waals surface area (Å²) >= 11 is 6.18. The van der Waals surface area contributed by atoms with E-state index in [1.54, 1.807) is 97.6 Å². The summed E-state index contributed by atoms with van der Waals surface area (Å²) in [4.78, 5) is 68.6. The van der Waals surface area contributed by atoms with Gasteiger partial charge in [-0.3, -0.25) is 34.1 Å². The summed E-state index contributed by atoms with van der Waals surface area (Å²) in [5.41, 5.74) is 24.1. The van der Waals surface area contributed by atoms with Crippen LogP contribution in [0.2, 0.25) is 5.02 Å². The number of nitrogen functional groups attached to an aromatic ring is 3. The minimum absolute atomic E-state index is 0.0640. The first-order valence-corrected chi connectivity index (χ1v) is 40.1. The van der Waals surface area contributed by atoms with Gasteiger partial charge in [0.1, 0.15) is 23.0 Å². The van der Waals surface area contributed by atoms with Crippen LogP contribution in [0.4, 0.5) is 74.0 Å². The predicted octanol–water partition coefficient (Wildman–Crippen LogP) is 16.7. The molecule has 12 aromatic rings. The molecule has 3 aliphatic rings. The fourth-order valence-electron chi connectivity index (χ4n) is 14.4. The number of carbonyl (C=O) groups is 3. The smallest absolute Gasteiger partial charge is 0.383 e. The van der Waals surface area contributed by atoms with Gasteiger partial charge in [0.2, 0.25) is 0 Å². The number of nitrogens with zero attached hydrogens (tertiary/aromatic N) is 10. The number of likely N-dealkylation sites (N-methyl/N-ethyl adjacent to an activating group) is 3. The van der Waals surface area contributed by atoms with Crippen LogP contribution in [0.25, 0.3) is 32.4 Å². The number of alkyl halides is 9. The Bertz CT molecular complexity index is 5990. The zero-order chi connectivity index (χ0) is 88.3. The maximum absolute atomic E-state index is 14.0. The van der Waals surface area contributed by atoms with Crippen LogP contribution in [0.15, 0.2) is 189 Å². The van der Waals surface area contributed by atoms with Gasteiger partial charge in [-0.1, -0.05) is 114 Å². The van der Waals surface area contributed by atoms with Gasteiger partial charge in [-0.15, -0.1) is 0 Å². The lowest BCUT2D eigenvalue weighted by Crippen LogP contribution is -2.44. The van der Waals surface area contributed by atoms with E-state index < -0.39 is 52.9 Å². The van der Waals surface area contributed by atoms with E-state index in [2.05, 4.69) is 86.1 Å². The number of anilines is 6. The van der Waals surface area contributed by atoms with Crippen molar-refractivity contribution in [3.8, 4) is 35.5 Å². The summed E-state index contributed by atoms with van der Waals surface area (Å²) in [6.07, 6.45) is -7.19. The lowest BCUT2D eigenvalue weighted by molar-refractivity contribution is -0.139. The normalized spacial score (nSPS) is 14.5. The minimum Gasteiger partial charge on any atom is -0.383 e. The van der Waals surface area contributed by atoms with Crippen molar-refractivity contribution in [3.63, 3.8) is 0 Å². The summed E-state index contributed by atoms with van der Waals surface area (Å²) in [5, 5.41) is 12.4. The quantitative estimate of drug-likeness (QED) is 0.0493. The standard InChI is InChI=1S/C32H29ClF3N5O.C32H30F3N5O.C31H29F3N6O/c1-20-3-4-22(15-21(20)7-10-27-28-16-25(33)8-5-23(28)18-38-30(27)37)31(42)39-26-9-6-24(29(17-26)32(34,35)36)19-41-13-11-40(2)12-14-41;1-21-7-8-23(17-22(21)9-10-24-19-37-30(36)28-6-4-3-5-27(24)28)31(41)38-26-12-11-25(29(18-26)32(33,34)35)20-40-15-13-39(2)14-16-40;1-20-5-6-22(16-21(20)7-8-23-18-37-29(35)28-26(23)4-3-11-36-28)30(41)38-25-10-9-24(27(17-25)31(32,33)34)19-40-14-12-39(2)13-15-40/h3-6,8-9,15-18H,11-14,19H2,1-2H3,(H2,37,38)(H,39,42);3-8,11-12,17-19H,13-16,20H2,1-2H3,(H2,36,37)(H,38,41);3-6,9-11,16-18H,12-15,19H2,1-2H3,(H2,35,37)(H,38,41). The zero-order valence-electron chi connectivity index (χ0n) is 68.7. The van der Waals surface area contributed by atoms with Gasteiger partial charge in [-0.2, -0.15) is 39.5 Å². The van der Waals surface area contributed by atoms with E-state index in [9.17, 15) is 53.9 Å². The molecule has 0 aliphatic carbocycles. The highest BCUT2D eigenvalue weighted by Crippen LogP contribution is 2.39. The summed E-state index contributed by atoms with van der Waals surface area (Å²) in [6, 6.07) is 43.4. The average Bonchev–Trinajstić information content (AvgIpc) is 0.705. The van der Waals surface area contributed by atoms with Crippen molar-refractivity contribution in [1.29, 1.82) is 0 Å². The molecule has 0 atom stereocenters. The highest BCUT2D eigenvalue weighted by molar-refractivity contribution is 6.31. The Balaban J connectivity index is 0.000000160. The van der Waals surface area contributed by atoms with Gasteiger partial charge < -0.3 is 47.9 Å². The summed E-state index contributed by atoms with van der Waals surface area (Å²) < 4.78 is 126. The lowest BCUT2D eigenvalue weighted by atomic mass is 10.0. The van der Waals surface area contributed by atoms with Crippen molar-refractivity contribution in [2.24, 2.45) is 0 Å². The summed E-state index contributed by atoms with van der Waals surface area (Å²) in [6.45, 7) is 15.2. The van der Waals surface area contributed by atoms with Gasteiger partial charge in [-0.05, 0) is 172 Å². The Morgan fingerprint density at radius 1 is 0.379 bits per heavy atom. The monoisotopic (exact) mass is 1710 g/mol. The Hall–Kier alpha value is -13.0. The predicted molar refractivity (Wildman–Crippen MR) is 469 cm³/mol. The van der Waals surface area contributed by atoms with Gasteiger partial charge in [0.15, 0.2) is 0 Å². The molecule has 4 aromatic heterocycles. The topological polar surface area (TPSA) is 236 Å². The summed E-state index contributed by atoms with van der Waals surface area (Å²) in [7, 11) is 5.99. The third kappa shape index (κ3) is 22.5. The van der Waals surface area contributed by atoms with Gasteiger partial charge in [0.05, 0.1) is 33.4 Å². The first-order valence-electron chi connectivity index (χ1n) is 39.8. The van der Waals surface area contributed by atoms with Gasteiger partial charge >= 0.3 is 18.5 Å². The molecule has 7 heterocycles. The number of hydrogen-bond acceptors (Lipinski definition) is 16. The second-order valence-corrected chi connectivity index (χ2v) is 31.3. The number of rotatable bonds is 12. The molecular weight excluding hydrogens is 1620 g/mol. The Morgan fingerprint density at radius 3 is 1.15 bits per heavy atom. The van der Waals surface area contributed by atoms with Crippen molar-refractivity contribution in [1.82, 2.24) is 49.3 Å². The molecule has 19 nitrogen and oxygen atoms in total. The second kappa shape index (κ2) is 38.6. The van der Waals surface area contributed by atoms with E-state index in [0.717, 1.165) is 101 Å². The number of carbonyl (C=O) groups excluding carboxylic acids is 3. The van der Waals surface area contributed by atoms with Crippen LogP contribution in [0.5, 0.6) is 0 Å². The molecule has 0 bridgehead atoms. The first-order chi connectivity index (χ1) is 59.1. The van der Waals surface area contributed by atoms with Crippen molar-refractivity contribution >= 4 is 96.3 Å². The van der Waals surface area contributed by atoms with Crippen molar-refractivity contribution in [3.05, 3.63) is 294 Å². The Kier molecular flexibility index (Phi) is 27.7. The van der Waals surface area contributed by atoms with Crippen molar-refractivity contribution < 1.29 is 53.9 Å². The fraction of sp³-hybridized carbons (Fsp3) is 0.253. The first kappa shape index (κ1) is 88.8. The minimum atomic E-state index is -4.56. The number of aryl methyl sites for hydroxylation is 3. The molecular formula is C95H88ClF9N16O3. The van der Waals surface area contributed by atoms with E-state index in [1.165, 1.54) is 36.4 Å². The maximum Gasteiger partial charge on any atom is 0.416 e. The van der Waals surface area contributed by atoms with Crippen molar-refractivity contribution in [2.75, 3.05) is 133 Å². The molecule has 3 saturated heterocycles. The average molecular weight is 1710 g/mol. The highest BCUT2D eigenvalue weighted by Gasteiger charge is 2.38. The van der Waals surface area contributed by atoms with Gasteiger partial charge in [0.25, 0.3) is 17.7 Å². The molecule has 124 heavy (non-hydrogen) atoms. The number of piperazine rings is 3. The van der Waals surface area contributed by atoms with Gasteiger partial charge in [-0.25, -0.2) is 15.0 Å². The van der Waals surface area contributed by atoms with Crippen LogP contribution >= 0.6 is 11.6 Å². The molecule has 8 aromatic carbocycles. The Labute approximate surface area is 716 Å². The number of pyridine rings is 4. The molecule has 0 radical (unpaired) electrons. The van der Waals surface area contributed by atoms with E-state index in [1.807, 2.05) is 93.0 Å². The molecule has 0 spiro atoms. The zero-order valence-corrected chi connectivity index (χ0v) is 69.5. The number of nitrogens with two attached hydrogens (primary N) is 3. The Morgan fingerprint density at radius 2 is 0.742 bits per heavy atom. The maximum atomic E-state index is 14.0. The third-order valence-electron chi connectivity index (χ3n) is 21.9. The van der Waals surface area contributed by atoms with Crippen molar-refractivity contribution in [2.45, 2.75) is 58.9 Å². The third-order valence-corrected chi connectivity index (χ3v) is 22.1. The number of fused-ring (bicyclic) bond motifs is 3. The lowest BCUT2D eigenvalue weighted by Gasteiger charge is -2.33. The van der Waals surface area contributed by atoms with E-state index in [0.29, 0.717) is 94.8 Å². The number of hydrogen-bond donors (Lipinski definition) is 6. The largest absolute Gasteiger partial charge is 0.416 e. The SMILES string of the molecule is Cc1ccc(C(=O)Nc2ccc(CN3CCN(C)CC3)c(C(F)(F)F)c2)cc1C#Cc1c(N)ncc2ccc(Cl)cc12.Cc1ccc(C(=O)Nc2ccc(CN3CCN(C)CC3)c(C(F)(F)F)c2)cc1C#Cc1cnc(N)c2ccccc12.Cc1ccc(C(=O)Nc2ccc(CN3CCN(C)CC3)c(C(F)(F)F)c2)cc1C#Cc1cnc(N)c2ncccc12. The molecule has 636 valence electrons. The fourth-order valence-corrected chi connectivity index (χ4v) is 14.6. The molecule has 3 aliphatic heterocycles. The molecule has 3 fully saturated rings. The van der Waals surface area contributed by atoms with E-state index in [4.69, 9.17) is 28.8 Å². The van der Waals surface area contributed by atoms with Crippen LogP contribution in [0.1, 0.15) is 115 Å². The van der Waals surface area contributed by atoms with E-state index in [-0.39, 0.29) is 75.9 Å². The molecule has 0 unspecified atom stereocenters. The summed E-state index contributed by atoms with van der Waals surface area (Å²) in [5.74, 6) is 17.9. The number of aromatic nitrogens is 4. The van der Waals surface area contributed by atoms with Gasteiger partial charge in [0, 0.05) is 205 Å². The number of benzene rings is 8. The van der Waals surface area contributed by atoms with Crippen LogP contribution in [-0.4, -0.2) is 167 Å². The van der Waals surface area contributed by atoms with Crippen LogP contribution in [0, 0.1) is 56.3 Å². The van der Waals surface area contributed by atoms with E-state index >= 15 is 0 Å². The molecule has 9 N–H and O–H groups in total. The number of amides is 3. The second-order valence-electron chi connectivity index (χ2n) is 30.9.